The summed E-state index contributed by atoms with van der Waals surface area (Å²) in [6.07, 6.45) is 1.51. The number of carbonyl (C=O) groups is 2. The van der Waals surface area contributed by atoms with Crippen molar-refractivity contribution in [3.8, 4) is 11.5 Å². The fourth-order valence-electron chi connectivity index (χ4n) is 4.38. The maximum Gasteiger partial charge on any atom is 0.295 e. The maximum atomic E-state index is 13.3. The van der Waals surface area contributed by atoms with Gasteiger partial charge in [-0.3, -0.25) is 9.59 Å². The van der Waals surface area contributed by atoms with Gasteiger partial charge >= 0.3 is 0 Å². The molecule has 33 heavy (non-hydrogen) atoms. The first-order valence-electron chi connectivity index (χ1n) is 11.4. The van der Waals surface area contributed by atoms with Crippen LogP contribution in [0, 0.1) is 13.8 Å². The number of aliphatic hydroxyl groups is 1. The van der Waals surface area contributed by atoms with Crippen molar-refractivity contribution in [1.82, 2.24) is 4.90 Å². The van der Waals surface area contributed by atoms with Gasteiger partial charge in [-0.25, -0.2) is 0 Å². The third kappa shape index (κ3) is 4.75. The molecule has 2 aromatic carbocycles. The van der Waals surface area contributed by atoms with E-state index in [2.05, 4.69) is 0 Å². The Kier molecular flexibility index (Phi) is 7.46. The van der Waals surface area contributed by atoms with Crippen LogP contribution in [-0.2, 0) is 9.59 Å². The fourth-order valence-corrected chi connectivity index (χ4v) is 4.38. The third-order valence-corrected chi connectivity index (χ3v) is 5.75. The van der Waals surface area contributed by atoms with Gasteiger partial charge in [0.15, 0.2) is 0 Å². The number of nitrogens with zero attached hydrogens (tertiary/aromatic N) is 1. The van der Waals surface area contributed by atoms with Crippen LogP contribution in [0.3, 0.4) is 0 Å². The molecule has 0 radical (unpaired) electrons. The molecule has 1 atom stereocenters. The molecule has 6 heteroatoms. The molecule has 176 valence electrons. The van der Waals surface area contributed by atoms with Gasteiger partial charge in [0, 0.05) is 12.1 Å². The molecule has 1 saturated heterocycles. The molecule has 2 aromatic rings. The lowest BCUT2D eigenvalue weighted by atomic mass is 9.93. The van der Waals surface area contributed by atoms with Crippen LogP contribution >= 0.6 is 0 Å². The minimum atomic E-state index is -0.753. The molecular formula is C27H33NO5. The van der Waals surface area contributed by atoms with Crippen molar-refractivity contribution in [3.05, 3.63) is 64.2 Å². The number of carbonyl (C=O) groups excluding carboxylic acids is 2. The van der Waals surface area contributed by atoms with Crippen molar-refractivity contribution in [2.45, 2.75) is 59.6 Å². The number of hydrogen-bond acceptors (Lipinski definition) is 5. The molecule has 1 aliphatic heterocycles. The smallest absolute Gasteiger partial charge is 0.295 e. The number of aryl methyl sites for hydroxylation is 2. The van der Waals surface area contributed by atoms with Gasteiger partial charge in [0.25, 0.3) is 11.7 Å². The van der Waals surface area contributed by atoms with Crippen LogP contribution in [-0.4, -0.2) is 41.5 Å². The molecule has 6 nitrogen and oxygen atoms in total. The maximum absolute atomic E-state index is 13.3. The third-order valence-electron chi connectivity index (χ3n) is 5.75. The molecule has 1 fully saturated rings. The second-order valence-electron chi connectivity index (χ2n) is 8.71. The minimum Gasteiger partial charge on any atom is -0.507 e. The lowest BCUT2D eigenvalue weighted by Gasteiger charge is -2.27. The summed E-state index contributed by atoms with van der Waals surface area (Å²) >= 11 is 0. The first-order chi connectivity index (χ1) is 15.7. The number of unbranched alkanes of at least 4 members (excludes halogenated alkanes) is 1. The Morgan fingerprint density at radius 3 is 2.48 bits per heavy atom. The van der Waals surface area contributed by atoms with Gasteiger partial charge in [-0.2, -0.15) is 0 Å². The Labute approximate surface area is 195 Å². The number of ether oxygens (including phenoxy) is 2. The summed E-state index contributed by atoms with van der Waals surface area (Å²) < 4.78 is 11.6. The largest absolute Gasteiger partial charge is 0.507 e. The lowest BCUT2D eigenvalue weighted by Crippen LogP contribution is -2.31. The highest BCUT2D eigenvalue weighted by atomic mass is 16.5. The van der Waals surface area contributed by atoms with Crippen LogP contribution < -0.4 is 9.47 Å². The van der Waals surface area contributed by atoms with Crippen LogP contribution in [0.4, 0.5) is 0 Å². The number of hydrogen-bond donors (Lipinski definition) is 1. The monoisotopic (exact) mass is 451 g/mol. The van der Waals surface area contributed by atoms with E-state index in [9.17, 15) is 14.7 Å². The highest BCUT2D eigenvalue weighted by Crippen LogP contribution is 2.44. The molecule has 0 aliphatic carbocycles. The summed E-state index contributed by atoms with van der Waals surface area (Å²) in [5.41, 5.74) is 2.87. The lowest BCUT2D eigenvalue weighted by molar-refractivity contribution is -0.139. The molecule has 1 amide bonds. The average Bonchev–Trinajstić information content (AvgIpc) is 3.01. The van der Waals surface area contributed by atoms with Crippen LogP contribution in [0.5, 0.6) is 11.5 Å². The molecular weight excluding hydrogens is 418 g/mol. The van der Waals surface area contributed by atoms with Gasteiger partial charge in [0.1, 0.15) is 17.3 Å². The van der Waals surface area contributed by atoms with Crippen LogP contribution in [0.2, 0.25) is 0 Å². The molecule has 1 N–H and O–H groups in total. The van der Waals surface area contributed by atoms with Crippen molar-refractivity contribution in [2.24, 2.45) is 0 Å². The zero-order valence-electron chi connectivity index (χ0n) is 20.3. The molecule has 0 saturated carbocycles. The molecule has 1 aliphatic rings. The molecule has 1 unspecified atom stereocenters. The number of benzene rings is 2. The molecule has 0 bridgehead atoms. The zero-order valence-corrected chi connectivity index (χ0v) is 20.3. The fraction of sp³-hybridized carbons (Fsp3) is 0.407. The highest BCUT2D eigenvalue weighted by molar-refractivity contribution is 6.46. The molecule has 3 rings (SSSR count). The summed E-state index contributed by atoms with van der Waals surface area (Å²) in [5.74, 6) is -0.491. The number of likely N-dealkylation sites (tertiary alicyclic amines) is 1. The van der Waals surface area contributed by atoms with Crippen LogP contribution in [0.25, 0.3) is 5.76 Å². The molecule has 0 aromatic heterocycles. The Bertz CT molecular complexity index is 1090. The van der Waals surface area contributed by atoms with Crippen molar-refractivity contribution < 1.29 is 24.2 Å². The molecule has 0 spiro atoms. The number of amides is 1. The van der Waals surface area contributed by atoms with Gasteiger partial charge in [-0.1, -0.05) is 37.6 Å². The summed E-state index contributed by atoms with van der Waals surface area (Å²) in [7, 11) is 1.53. The first-order valence-corrected chi connectivity index (χ1v) is 11.4. The van der Waals surface area contributed by atoms with Crippen LogP contribution in [0.15, 0.2) is 42.0 Å². The van der Waals surface area contributed by atoms with Crippen molar-refractivity contribution in [2.75, 3.05) is 13.7 Å². The summed E-state index contributed by atoms with van der Waals surface area (Å²) in [6, 6.07) is 10.3. The number of methoxy groups -OCH3 is 1. The Morgan fingerprint density at radius 1 is 1.15 bits per heavy atom. The highest BCUT2D eigenvalue weighted by Gasteiger charge is 2.47. The Morgan fingerprint density at radius 2 is 1.85 bits per heavy atom. The van der Waals surface area contributed by atoms with Gasteiger partial charge < -0.3 is 19.5 Å². The van der Waals surface area contributed by atoms with E-state index < -0.39 is 17.7 Å². The predicted octanol–water partition coefficient (Wildman–Crippen LogP) is 5.32. The number of aliphatic hydroxyl groups excluding tert-OH is 1. The van der Waals surface area contributed by atoms with Gasteiger partial charge in [-0.05, 0) is 57.4 Å². The van der Waals surface area contributed by atoms with Crippen molar-refractivity contribution in [1.29, 1.82) is 0 Å². The van der Waals surface area contributed by atoms with Crippen molar-refractivity contribution >= 4 is 17.4 Å². The van der Waals surface area contributed by atoms with E-state index in [4.69, 9.17) is 9.47 Å². The number of Topliss-reactive ketones (excluding diaryl/α,β-unsaturated/α-hetero) is 1. The summed E-state index contributed by atoms with van der Waals surface area (Å²) in [5, 5.41) is 11.5. The second kappa shape index (κ2) is 10.1. The van der Waals surface area contributed by atoms with E-state index in [1.807, 2.05) is 65.0 Å². The Balaban J connectivity index is 2.30. The number of ketones is 1. The van der Waals surface area contributed by atoms with Crippen LogP contribution in [0.1, 0.15) is 61.9 Å². The topological polar surface area (TPSA) is 76.1 Å². The van der Waals surface area contributed by atoms with E-state index in [1.165, 1.54) is 7.11 Å². The first kappa shape index (κ1) is 24.4. The standard InChI is InChI=1S/C27H33NO5/c1-7-8-13-28-23(19-11-9-10-12-21(19)33-16(2)3)22(25(30)27(28)31)24(29)20-15-17(4)14-18(5)26(20)32-6/h9-12,14-16,23,29H,7-8,13H2,1-6H3/b24-22+. The van der Waals surface area contributed by atoms with E-state index in [0.29, 0.717) is 29.2 Å². The van der Waals surface area contributed by atoms with Gasteiger partial charge in [-0.15, -0.1) is 0 Å². The molecule has 1 heterocycles. The van der Waals surface area contributed by atoms with Gasteiger partial charge in [0.2, 0.25) is 0 Å². The van der Waals surface area contributed by atoms with Crippen molar-refractivity contribution in [3.63, 3.8) is 0 Å². The zero-order chi connectivity index (χ0) is 24.3. The SMILES string of the molecule is CCCCN1C(=O)C(=O)/C(=C(/O)c2cc(C)cc(C)c2OC)C1c1ccccc1OC(C)C. The summed E-state index contributed by atoms with van der Waals surface area (Å²) in [4.78, 5) is 28.0. The number of rotatable bonds is 8. The van der Waals surface area contributed by atoms with Gasteiger partial charge in [0.05, 0.1) is 30.4 Å². The average molecular weight is 452 g/mol. The van der Waals surface area contributed by atoms with E-state index in [-0.39, 0.29) is 17.4 Å². The van der Waals surface area contributed by atoms with E-state index >= 15 is 0 Å². The normalized spacial score (nSPS) is 17.7. The quantitative estimate of drug-likeness (QED) is 0.334. The van der Waals surface area contributed by atoms with E-state index in [0.717, 1.165) is 24.0 Å². The number of para-hydroxylation sites is 1. The predicted molar refractivity (Wildman–Crippen MR) is 129 cm³/mol. The summed E-state index contributed by atoms with van der Waals surface area (Å²) in [6.45, 7) is 10.1. The van der Waals surface area contributed by atoms with E-state index in [1.54, 1.807) is 11.0 Å². The Hall–Kier alpha value is -3.28. The minimum absolute atomic E-state index is 0.0548. The second-order valence-corrected chi connectivity index (χ2v) is 8.71.